The molecule has 0 saturated heterocycles. The molecule has 0 fully saturated rings. The lowest BCUT2D eigenvalue weighted by molar-refractivity contribution is -0.153. The van der Waals surface area contributed by atoms with Gasteiger partial charge in [-0.15, -0.1) is 0 Å². The zero-order valence-corrected chi connectivity index (χ0v) is 16.9. The van der Waals surface area contributed by atoms with E-state index in [9.17, 15) is 4.79 Å². The van der Waals surface area contributed by atoms with Gasteiger partial charge in [-0.25, -0.2) is 4.79 Å². The molecule has 0 aliphatic carbocycles. The Morgan fingerprint density at radius 2 is 1.79 bits per heavy atom. The first-order valence-corrected chi connectivity index (χ1v) is 11.7. The lowest BCUT2D eigenvalue weighted by atomic mass is 9.89. The van der Waals surface area contributed by atoms with E-state index in [2.05, 4.69) is 25.0 Å². The van der Waals surface area contributed by atoms with Gasteiger partial charge in [0.25, 0.3) is 0 Å². The second-order valence-electron chi connectivity index (χ2n) is 6.89. The van der Waals surface area contributed by atoms with E-state index in [0.29, 0.717) is 13.0 Å². The molecule has 0 heterocycles. The molecule has 0 spiro atoms. The van der Waals surface area contributed by atoms with Gasteiger partial charge in [0.2, 0.25) is 0 Å². The minimum Gasteiger partial charge on any atom is -0.497 e. The molecule has 0 amide bonds. The normalized spacial score (nSPS) is 15.5. The number of methoxy groups -OCH3 is 2. The van der Waals surface area contributed by atoms with Crippen LogP contribution in [0.3, 0.4) is 0 Å². The van der Waals surface area contributed by atoms with E-state index in [1.807, 2.05) is 38.1 Å². The van der Waals surface area contributed by atoms with Crippen molar-refractivity contribution in [3.63, 3.8) is 0 Å². The summed E-state index contributed by atoms with van der Waals surface area (Å²) < 4.78 is 16.5. The molecule has 6 heteroatoms. The van der Waals surface area contributed by atoms with Gasteiger partial charge in [0.05, 0.1) is 20.3 Å². The Labute approximate surface area is 146 Å². The van der Waals surface area contributed by atoms with Crippen LogP contribution >= 0.6 is 0 Å². The van der Waals surface area contributed by atoms with Gasteiger partial charge in [0.15, 0.2) is 8.32 Å². The van der Waals surface area contributed by atoms with Crippen molar-refractivity contribution >= 4 is 14.3 Å². The van der Waals surface area contributed by atoms with Crippen molar-refractivity contribution in [1.29, 1.82) is 0 Å². The van der Waals surface area contributed by atoms with Crippen LogP contribution in [-0.2, 0) is 20.5 Å². The molecule has 0 aliphatic heterocycles. The van der Waals surface area contributed by atoms with E-state index in [4.69, 9.17) is 13.9 Å². The van der Waals surface area contributed by atoms with Crippen LogP contribution in [0.5, 0.6) is 5.75 Å². The van der Waals surface area contributed by atoms with Crippen molar-refractivity contribution in [1.82, 2.24) is 5.32 Å². The predicted molar refractivity (Wildman–Crippen MR) is 98.8 cm³/mol. The summed E-state index contributed by atoms with van der Waals surface area (Å²) in [6.07, 6.45) is 0.307. The van der Waals surface area contributed by atoms with E-state index >= 15 is 0 Å². The molecular weight excluding hydrogens is 322 g/mol. The smallest absolute Gasteiger partial charge is 0.328 e. The Morgan fingerprint density at radius 3 is 2.21 bits per heavy atom. The maximum atomic E-state index is 12.5. The summed E-state index contributed by atoms with van der Waals surface area (Å²) in [6.45, 7) is 10.8. The Morgan fingerprint density at radius 1 is 1.21 bits per heavy atom. The Kier molecular flexibility index (Phi) is 7.44. The summed E-state index contributed by atoms with van der Waals surface area (Å²) >= 11 is 0. The largest absolute Gasteiger partial charge is 0.497 e. The van der Waals surface area contributed by atoms with Crippen LogP contribution in [0.2, 0.25) is 19.6 Å². The molecule has 1 rings (SSSR count). The first kappa shape index (κ1) is 20.7. The molecule has 136 valence electrons. The number of hydrogen-bond donors (Lipinski definition) is 1. The summed E-state index contributed by atoms with van der Waals surface area (Å²) in [5, 5.41) is 3.39. The highest BCUT2D eigenvalue weighted by Gasteiger charge is 2.45. The monoisotopic (exact) mass is 353 g/mol. The predicted octanol–water partition coefficient (Wildman–Crippen LogP) is 3.35. The number of nitrogens with one attached hydrogen (secondary N) is 1. The molecular formula is C18H31NO4Si. The molecule has 1 N–H and O–H groups in total. The summed E-state index contributed by atoms with van der Waals surface area (Å²) in [6, 6.07) is 7.77. The van der Waals surface area contributed by atoms with Crippen LogP contribution in [0.1, 0.15) is 25.8 Å². The maximum absolute atomic E-state index is 12.5. The number of benzene rings is 1. The lowest BCUT2D eigenvalue weighted by Gasteiger charge is -2.39. The zero-order chi connectivity index (χ0) is 18.4. The van der Waals surface area contributed by atoms with Crippen molar-refractivity contribution in [2.75, 3.05) is 14.2 Å². The van der Waals surface area contributed by atoms with Crippen LogP contribution in [0.15, 0.2) is 24.3 Å². The van der Waals surface area contributed by atoms with Crippen LogP contribution < -0.4 is 10.1 Å². The summed E-state index contributed by atoms with van der Waals surface area (Å²) in [4.78, 5) is 12.5. The van der Waals surface area contributed by atoms with Gasteiger partial charge in [0.1, 0.15) is 11.3 Å². The maximum Gasteiger partial charge on any atom is 0.328 e. The molecule has 0 aromatic heterocycles. The van der Waals surface area contributed by atoms with Gasteiger partial charge in [-0.1, -0.05) is 19.1 Å². The van der Waals surface area contributed by atoms with Gasteiger partial charge in [0, 0.05) is 6.54 Å². The summed E-state index contributed by atoms with van der Waals surface area (Å²) in [5.41, 5.74) is 0.201. The van der Waals surface area contributed by atoms with Crippen LogP contribution in [0, 0.1) is 0 Å². The minimum atomic E-state index is -1.79. The fraction of sp³-hybridized carbons (Fsp3) is 0.611. The lowest BCUT2D eigenvalue weighted by Crippen LogP contribution is -2.61. The second-order valence-corrected chi connectivity index (χ2v) is 11.4. The molecule has 0 aliphatic rings. The minimum absolute atomic E-state index is 0.278. The van der Waals surface area contributed by atoms with E-state index in [1.165, 1.54) is 7.11 Å². The van der Waals surface area contributed by atoms with Crippen molar-refractivity contribution in [3.8, 4) is 5.75 Å². The highest BCUT2D eigenvalue weighted by molar-refractivity contribution is 6.69. The molecule has 24 heavy (non-hydrogen) atoms. The SMILES string of the molecule is CCC(NCc1ccc(OC)cc1)(C(=O)OC)C(C)O[Si](C)(C)C. The van der Waals surface area contributed by atoms with Crippen LogP contribution in [-0.4, -0.2) is 40.1 Å². The van der Waals surface area contributed by atoms with Gasteiger partial charge < -0.3 is 13.9 Å². The number of carbonyl (C=O) groups excluding carboxylic acids is 1. The fourth-order valence-corrected chi connectivity index (χ4v) is 4.02. The molecule has 2 unspecified atom stereocenters. The summed E-state index contributed by atoms with van der Waals surface area (Å²) in [7, 11) is 1.27. The molecule has 0 radical (unpaired) electrons. The van der Waals surface area contributed by atoms with Crippen LogP contribution in [0.4, 0.5) is 0 Å². The molecule has 2 atom stereocenters. The quantitative estimate of drug-likeness (QED) is 0.545. The third kappa shape index (κ3) is 5.33. The first-order chi connectivity index (χ1) is 11.2. The van der Waals surface area contributed by atoms with E-state index < -0.39 is 13.9 Å². The number of hydrogen-bond acceptors (Lipinski definition) is 5. The standard InChI is InChI=1S/C18H31NO4Si/c1-8-18(17(20)22-4,14(2)23-24(5,6)7)19-13-15-9-11-16(21-3)12-10-15/h9-12,14,19H,8,13H2,1-7H3. The molecule has 0 saturated carbocycles. The Hall–Kier alpha value is -1.37. The van der Waals surface area contributed by atoms with Gasteiger partial charge in [-0.2, -0.15) is 0 Å². The molecule has 1 aromatic rings. The Bertz CT molecular complexity index is 527. The second kappa shape index (κ2) is 8.64. The van der Waals surface area contributed by atoms with Crippen molar-refractivity contribution in [2.45, 2.75) is 58.1 Å². The third-order valence-corrected chi connectivity index (χ3v) is 5.16. The van der Waals surface area contributed by atoms with E-state index in [-0.39, 0.29) is 12.1 Å². The van der Waals surface area contributed by atoms with Crippen molar-refractivity contribution in [3.05, 3.63) is 29.8 Å². The summed E-state index contributed by atoms with van der Waals surface area (Å²) in [5.74, 6) is 0.521. The molecule has 0 bridgehead atoms. The number of esters is 1. The fourth-order valence-electron chi connectivity index (χ4n) is 2.75. The topological polar surface area (TPSA) is 56.8 Å². The highest BCUT2D eigenvalue weighted by Crippen LogP contribution is 2.24. The van der Waals surface area contributed by atoms with E-state index in [1.54, 1.807) is 7.11 Å². The van der Waals surface area contributed by atoms with Crippen LogP contribution in [0.25, 0.3) is 0 Å². The zero-order valence-electron chi connectivity index (χ0n) is 15.9. The highest BCUT2D eigenvalue weighted by atomic mass is 28.4. The third-order valence-electron chi connectivity index (χ3n) is 4.10. The number of carbonyl (C=O) groups is 1. The average Bonchev–Trinajstić information content (AvgIpc) is 2.54. The molecule has 5 nitrogen and oxygen atoms in total. The van der Waals surface area contributed by atoms with E-state index in [0.717, 1.165) is 11.3 Å². The number of ether oxygens (including phenoxy) is 2. The van der Waals surface area contributed by atoms with Crippen molar-refractivity contribution < 1.29 is 18.7 Å². The molecule has 1 aromatic carbocycles. The van der Waals surface area contributed by atoms with Crippen molar-refractivity contribution in [2.24, 2.45) is 0 Å². The van der Waals surface area contributed by atoms with Gasteiger partial charge in [-0.05, 0) is 50.7 Å². The first-order valence-electron chi connectivity index (χ1n) is 8.32. The number of rotatable bonds is 9. The Balaban J connectivity index is 2.97. The van der Waals surface area contributed by atoms with Gasteiger partial charge >= 0.3 is 5.97 Å². The van der Waals surface area contributed by atoms with Gasteiger partial charge in [-0.3, -0.25) is 5.32 Å². The average molecular weight is 354 g/mol.